The van der Waals surface area contributed by atoms with Gasteiger partial charge in [0.25, 0.3) is 0 Å². The van der Waals surface area contributed by atoms with Crippen LogP contribution in [0.1, 0.15) is 11.1 Å². The predicted octanol–water partition coefficient (Wildman–Crippen LogP) is 3.46. The van der Waals surface area contributed by atoms with Gasteiger partial charge in [0.05, 0.1) is 10.9 Å². The second kappa shape index (κ2) is 6.14. The standard InChI is InChI=1S/C17H16N2OS/c1-12-7-5-6-8-13(12)11-15-16(20)19-17(21-15)18-14-9-3-2-4-10-14/h2-10,15H,11H2,1H3,(H,18,19,20)/t15-/m0/s1. The van der Waals surface area contributed by atoms with Crippen molar-refractivity contribution in [2.24, 2.45) is 4.99 Å². The molecular formula is C17H16N2OS. The first-order valence-electron chi connectivity index (χ1n) is 6.88. The maximum absolute atomic E-state index is 12.1. The van der Waals surface area contributed by atoms with Gasteiger partial charge in [-0.2, -0.15) is 0 Å². The largest absolute Gasteiger partial charge is 0.304 e. The van der Waals surface area contributed by atoms with E-state index in [1.165, 1.54) is 22.9 Å². The summed E-state index contributed by atoms with van der Waals surface area (Å²) in [7, 11) is 0. The van der Waals surface area contributed by atoms with Gasteiger partial charge in [-0.05, 0) is 36.6 Å². The summed E-state index contributed by atoms with van der Waals surface area (Å²) in [6, 6.07) is 17.9. The average molecular weight is 296 g/mol. The number of amides is 1. The van der Waals surface area contributed by atoms with Crippen LogP contribution in [0.2, 0.25) is 0 Å². The molecule has 1 N–H and O–H groups in total. The van der Waals surface area contributed by atoms with Crippen molar-refractivity contribution in [2.75, 3.05) is 0 Å². The molecule has 106 valence electrons. The Morgan fingerprint density at radius 3 is 2.57 bits per heavy atom. The number of aryl methyl sites for hydroxylation is 1. The summed E-state index contributed by atoms with van der Waals surface area (Å²) in [5.41, 5.74) is 3.29. The molecule has 0 aromatic heterocycles. The zero-order valence-corrected chi connectivity index (χ0v) is 12.6. The Hall–Kier alpha value is -2.07. The molecule has 3 nitrogen and oxygen atoms in total. The number of thioether (sulfide) groups is 1. The van der Waals surface area contributed by atoms with Gasteiger partial charge < -0.3 is 5.32 Å². The summed E-state index contributed by atoms with van der Waals surface area (Å²) in [4.78, 5) is 16.5. The molecule has 21 heavy (non-hydrogen) atoms. The predicted molar refractivity (Wildman–Crippen MR) is 87.9 cm³/mol. The van der Waals surface area contributed by atoms with Gasteiger partial charge >= 0.3 is 0 Å². The highest BCUT2D eigenvalue weighted by molar-refractivity contribution is 8.15. The number of para-hydroxylation sites is 1. The third-order valence-electron chi connectivity index (χ3n) is 3.43. The van der Waals surface area contributed by atoms with Gasteiger partial charge in [-0.3, -0.25) is 4.79 Å². The lowest BCUT2D eigenvalue weighted by molar-refractivity contribution is -0.118. The second-order valence-electron chi connectivity index (χ2n) is 4.98. The van der Waals surface area contributed by atoms with E-state index < -0.39 is 0 Å². The van der Waals surface area contributed by atoms with Crippen LogP contribution in [0.25, 0.3) is 0 Å². The van der Waals surface area contributed by atoms with Gasteiger partial charge in [-0.15, -0.1) is 0 Å². The highest BCUT2D eigenvalue weighted by Gasteiger charge is 2.30. The van der Waals surface area contributed by atoms with E-state index in [-0.39, 0.29) is 11.2 Å². The Morgan fingerprint density at radius 1 is 1.10 bits per heavy atom. The number of rotatable bonds is 3. The Balaban J connectivity index is 1.74. The molecule has 0 unspecified atom stereocenters. The van der Waals surface area contributed by atoms with E-state index in [1.807, 2.05) is 42.5 Å². The maximum atomic E-state index is 12.1. The highest BCUT2D eigenvalue weighted by atomic mass is 32.2. The van der Waals surface area contributed by atoms with E-state index in [2.05, 4.69) is 29.4 Å². The molecule has 0 saturated carbocycles. The normalized spacial score (nSPS) is 19.8. The fourth-order valence-electron chi connectivity index (χ4n) is 2.25. The molecule has 1 atom stereocenters. The van der Waals surface area contributed by atoms with Crippen molar-refractivity contribution < 1.29 is 4.79 Å². The van der Waals surface area contributed by atoms with Crippen LogP contribution in [0.3, 0.4) is 0 Å². The molecule has 4 heteroatoms. The molecule has 0 spiro atoms. The second-order valence-corrected chi connectivity index (χ2v) is 6.17. The van der Waals surface area contributed by atoms with Crippen molar-refractivity contribution in [2.45, 2.75) is 18.6 Å². The van der Waals surface area contributed by atoms with Gasteiger partial charge in [0.2, 0.25) is 5.91 Å². The SMILES string of the molecule is Cc1ccccc1C[C@@H]1SC(=Nc2ccccc2)NC1=O. The highest BCUT2D eigenvalue weighted by Crippen LogP contribution is 2.26. The lowest BCUT2D eigenvalue weighted by Gasteiger charge is -2.08. The van der Waals surface area contributed by atoms with Crippen molar-refractivity contribution in [3.05, 3.63) is 65.7 Å². The summed E-state index contributed by atoms with van der Waals surface area (Å²) in [6.45, 7) is 2.08. The number of carbonyl (C=O) groups is 1. The molecule has 1 saturated heterocycles. The smallest absolute Gasteiger partial charge is 0.239 e. The minimum atomic E-state index is -0.103. The van der Waals surface area contributed by atoms with Crippen LogP contribution in [0.15, 0.2) is 59.6 Å². The van der Waals surface area contributed by atoms with Gasteiger partial charge in [0, 0.05) is 0 Å². The molecule has 0 radical (unpaired) electrons. The first-order valence-corrected chi connectivity index (χ1v) is 7.76. The molecule has 1 fully saturated rings. The molecule has 3 rings (SSSR count). The fourth-order valence-corrected chi connectivity index (χ4v) is 3.27. The molecule has 0 bridgehead atoms. The molecule has 1 heterocycles. The zero-order valence-electron chi connectivity index (χ0n) is 11.7. The van der Waals surface area contributed by atoms with Crippen molar-refractivity contribution in [3.8, 4) is 0 Å². The van der Waals surface area contributed by atoms with Crippen molar-refractivity contribution in [1.29, 1.82) is 0 Å². The van der Waals surface area contributed by atoms with Gasteiger partial charge in [0.1, 0.15) is 0 Å². The molecule has 1 aliphatic rings. The number of hydrogen-bond donors (Lipinski definition) is 1. The van der Waals surface area contributed by atoms with Crippen LogP contribution in [-0.4, -0.2) is 16.3 Å². The number of hydrogen-bond acceptors (Lipinski definition) is 3. The maximum Gasteiger partial charge on any atom is 0.239 e. The third kappa shape index (κ3) is 3.34. The van der Waals surface area contributed by atoms with Crippen LogP contribution in [0.4, 0.5) is 5.69 Å². The lowest BCUT2D eigenvalue weighted by Crippen LogP contribution is -2.26. The van der Waals surface area contributed by atoms with E-state index >= 15 is 0 Å². The monoisotopic (exact) mass is 296 g/mol. The van der Waals surface area contributed by atoms with Crippen LogP contribution >= 0.6 is 11.8 Å². The quantitative estimate of drug-likeness (QED) is 0.942. The lowest BCUT2D eigenvalue weighted by atomic mass is 10.0. The molecule has 1 aliphatic heterocycles. The van der Waals surface area contributed by atoms with E-state index in [1.54, 1.807) is 0 Å². The van der Waals surface area contributed by atoms with Crippen LogP contribution in [0, 0.1) is 6.92 Å². The Kier molecular flexibility index (Phi) is 4.06. The number of nitrogens with one attached hydrogen (secondary N) is 1. The van der Waals surface area contributed by atoms with E-state index in [4.69, 9.17) is 0 Å². The summed E-state index contributed by atoms with van der Waals surface area (Å²) >= 11 is 1.51. The summed E-state index contributed by atoms with van der Waals surface area (Å²) in [6.07, 6.45) is 0.733. The van der Waals surface area contributed by atoms with E-state index in [0.717, 1.165) is 12.1 Å². The first-order chi connectivity index (χ1) is 10.2. The first kappa shape index (κ1) is 13.9. The average Bonchev–Trinajstić information content (AvgIpc) is 2.82. The van der Waals surface area contributed by atoms with E-state index in [0.29, 0.717) is 5.17 Å². The van der Waals surface area contributed by atoms with Crippen LogP contribution in [0.5, 0.6) is 0 Å². The number of benzene rings is 2. The van der Waals surface area contributed by atoms with Crippen molar-refractivity contribution >= 4 is 28.5 Å². The summed E-state index contributed by atoms with van der Waals surface area (Å²) in [5.74, 6) is 0.0398. The zero-order chi connectivity index (χ0) is 14.7. The van der Waals surface area contributed by atoms with Crippen molar-refractivity contribution in [1.82, 2.24) is 5.32 Å². The topological polar surface area (TPSA) is 41.5 Å². The van der Waals surface area contributed by atoms with Crippen LogP contribution in [-0.2, 0) is 11.2 Å². The fraction of sp³-hybridized carbons (Fsp3) is 0.176. The molecule has 0 aliphatic carbocycles. The molecular weight excluding hydrogens is 280 g/mol. The van der Waals surface area contributed by atoms with Crippen LogP contribution < -0.4 is 5.32 Å². The number of nitrogens with zero attached hydrogens (tertiary/aromatic N) is 1. The van der Waals surface area contributed by atoms with Gasteiger partial charge in [-0.25, -0.2) is 4.99 Å². The molecule has 2 aromatic rings. The number of carbonyl (C=O) groups excluding carboxylic acids is 1. The summed E-state index contributed by atoms with van der Waals surface area (Å²) < 4.78 is 0. The Morgan fingerprint density at radius 2 is 1.81 bits per heavy atom. The minimum absolute atomic E-state index is 0.0398. The Labute approximate surface area is 128 Å². The number of amidine groups is 1. The Bertz CT molecular complexity index is 682. The summed E-state index contributed by atoms with van der Waals surface area (Å²) in [5, 5.41) is 3.45. The van der Waals surface area contributed by atoms with Crippen molar-refractivity contribution in [3.63, 3.8) is 0 Å². The minimum Gasteiger partial charge on any atom is -0.304 e. The molecule has 2 aromatic carbocycles. The van der Waals surface area contributed by atoms with E-state index in [9.17, 15) is 4.79 Å². The van der Waals surface area contributed by atoms with Gasteiger partial charge in [-0.1, -0.05) is 54.2 Å². The number of aliphatic imine (C=N–C) groups is 1. The molecule has 1 amide bonds. The van der Waals surface area contributed by atoms with Gasteiger partial charge in [0.15, 0.2) is 5.17 Å². The third-order valence-corrected chi connectivity index (χ3v) is 4.51.